The van der Waals surface area contributed by atoms with Crippen molar-refractivity contribution in [2.75, 3.05) is 20.8 Å². The van der Waals surface area contributed by atoms with Crippen LogP contribution in [-0.2, 0) is 29.2 Å². The topological polar surface area (TPSA) is 127 Å². The van der Waals surface area contributed by atoms with Gasteiger partial charge in [-0.1, -0.05) is 6.07 Å². The van der Waals surface area contributed by atoms with Crippen LogP contribution in [0.2, 0.25) is 0 Å². The summed E-state index contributed by atoms with van der Waals surface area (Å²) in [5.74, 6) is -2.87. The highest BCUT2D eigenvalue weighted by molar-refractivity contribution is 5.73. The number of aliphatic carboxylic acids is 2. The third kappa shape index (κ3) is 9.14. The third-order valence-electron chi connectivity index (χ3n) is 5.25. The molecule has 0 saturated heterocycles. The summed E-state index contributed by atoms with van der Waals surface area (Å²) >= 11 is 0. The number of benzene rings is 1. The summed E-state index contributed by atoms with van der Waals surface area (Å²) in [4.78, 5) is 29.1. The van der Waals surface area contributed by atoms with Crippen LogP contribution in [0.3, 0.4) is 0 Å². The molecule has 218 valence electrons. The monoisotopic (exact) mass is 578 g/mol. The van der Waals surface area contributed by atoms with Crippen LogP contribution in [0, 0.1) is 0 Å². The first-order chi connectivity index (χ1) is 18.7. The molecule has 3 heterocycles. The van der Waals surface area contributed by atoms with Crippen molar-refractivity contribution in [3.8, 4) is 22.9 Å². The average molecular weight is 578 g/mol. The zero-order valence-corrected chi connectivity index (χ0v) is 21.0. The molecule has 2 aromatic heterocycles. The molecular formula is C24H24F6N4O6. The number of ether oxygens (including phenoxy) is 2. The van der Waals surface area contributed by atoms with Crippen molar-refractivity contribution in [1.82, 2.24) is 19.4 Å². The van der Waals surface area contributed by atoms with E-state index in [4.69, 9.17) is 29.3 Å². The van der Waals surface area contributed by atoms with Gasteiger partial charge in [0.2, 0.25) is 5.88 Å². The summed E-state index contributed by atoms with van der Waals surface area (Å²) in [6.45, 7) is 3.50. The van der Waals surface area contributed by atoms with Gasteiger partial charge in [0, 0.05) is 37.0 Å². The first-order valence-electron chi connectivity index (χ1n) is 11.2. The van der Waals surface area contributed by atoms with Gasteiger partial charge in [-0.25, -0.2) is 19.6 Å². The molecule has 0 spiro atoms. The van der Waals surface area contributed by atoms with E-state index in [2.05, 4.69) is 37.6 Å². The molecule has 16 heteroatoms. The Morgan fingerprint density at radius 2 is 1.48 bits per heavy atom. The number of imidazole rings is 1. The molecular weight excluding hydrogens is 554 g/mol. The van der Waals surface area contributed by atoms with Gasteiger partial charge in [0.25, 0.3) is 0 Å². The van der Waals surface area contributed by atoms with Crippen molar-refractivity contribution in [2.24, 2.45) is 0 Å². The number of nitrogens with zero attached hydrogens (tertiary/aromatic N) is 4. The lowest BCUT2D eigenvalue weighted by Gasteiger charge is -2.28. The summed E-state index contributed by atoms with van der Waals surface area (Å²) < 4.78 is 76.4. The highest BCUT2D eigenvalue weighted by Gasteiger charge is 2.38. The van der Waals surface area contributed by atoms with Gasteiger partial charge in [-0.3, -0.25) is 4.90 Å². The number of methoxy groups -OCH3 is 2. The van der Waals surface area contributed by atoms with Crippen molar-refractivity contribution < 1.29 is 55.6 Å². The maximum atomic E-state index is 10.6. The minimum absolute atomic E-state index is 0.695. The van der Waals surface area contributed by atoms with Crippen molar-refractivity contribution in [3.05, 3.63) is 60.2 Å². The van der Waals surface area contributed by atoms with Crippen LogP contribution < -0.4 is 9.47 Å². The second-order valence-electron chi connectivity index (χ2n) is 7.93. The van der Waals surface area contributed by atoms with Crippen LogP contribution in [0.1, 0.15) is 11.4 Å². The van der Waals surface area contributed by atoms with Gasteiger partial charge in [0.15, 0.2) is 0 Å². The standard InChI is InChI=1S/C20H22N4O2.2C2HF3O2/c1-25-17-7-5-15(6-8-17)18-12-22-19-14-23(10-11-24(18)19)13-16-4-3-9-21-20(16)26-2;2*3-2(4,5)1(6)7/h3-9,12H,10-11,13-14H2,1-2H3;2*(H,6,7). The smallest absolute Gasteiger partial charge is 0.490 e. The molecule has 0 atom stereocenters. The summed E-state index contributed by atoms with van der Waals surface area (Å²) in [5.41, 5.74) is 3.42. The quantitative estimate of drug-likeness (QED) is 0.428. The number of rotatable bonds is 5. The maximum Gasteiger partial charge on any atom is 0.490 e. The van der Waals surface area contributed by atoms with E-state index in [0.29, 0.717) is 5.88 Å². The average Bonchev–Trinajstić information content (AvgIpc) is 3.32. The number of carbonyl (C=O) groups is 2. The van der Waals surface area contributed by atoms with Gasteiger partial charge < -0.3 is 24.3 Å². The predicted molar refractivity (Wildman–Crippen MR) is 126 cm³/mol. The summed E-state index contributed by atoms with van der Waals surface area (Å²) in [6, 6.07) is 12.1. The van der Waals surface area contributed by atoms with Gasteiger partial charge >= 0.3 is 24.3 Å². The van der Waals surface area contributed by atoms with E-state index in [0.717, 1.165) is 54.6 Å². The Labute approximate surface area is 223 Å². The van der Waals surface area contributed by atoms with Crippen LogP contribution in [0.15, 0.2) is 48.8 Å². The third-order valence-corrected chi connectivity index (χ3v) is 5.25. The van der Waals surface area contributed by atoms with Crippen LogP contribution in [0.25, 0.3) is 11.3 Å². The molecule has 0 radical (unpaired) electrons. The Hall–Kier alpha value is -4.34. The zero-order chi connectivity index (χ0) is 30.1. The molecule has 0 aliphatic carbocycles. The van der Waals surface area contributed by atoms with Gasteiger partial charge in [0.05, 0.1) is 32.7 Å². The Balaban J connectivity index is 0.000000333. The zero-order valence-electron chi connectivity index (χ0n) is 21.0. The van der Waals surface area contributed by atoms with E-state index in [1.165, 1.54) is 0 Å². The van der Waals surface area contributed by atoms with Crippen molar-refractivity contribution in [3.63, 3.8) is 0 Å². The van der Waals surface area contributed by atoms with Gasteiger partial charge in [0.1, 0.15) is 11.6 Å². The first-order valence-corrected chi connectivity index (χ1v) is 11.2. The fraction of sp³-hybridized carbons (Fsp3) is 0.333. The molecule has 10 nitrogen and oxygen atoms in total. The highest BCUT2D eigenvalue weighted by atomic mass is 19.4. The molecule has 1 aromatic carbocycles. The molecule has 3 aromatic rings. The number of carboxylic acids is 2. The number of alkyl halides is 6. The first kappa shape index (κ1) is 31.9. The number of hydrogen-bond acceptors (Lipinski definition) is 7. The summed E-state index contributed by atoms with van der Waals surface area (Å²) in [5, 5.41) is 14.2. The number of hydrogen-bond donors (Lipinski definition) is 2. The van der Waals surface area contributed by atoms with E-state index in [9.17, 15) is 26.3 Å². The van der Waals surface area contributed by atoms with Crippen LogP contribution in [0.4, 0.5) is 26.3 Å². The Bertz CT molecular complexity index is 1250. The Morgan fingerprint density at radius 1 is 0.900 bits per heavy atom. The molecule has 0 saturated carbocycles. The molecule has 2 N–H and O–H groups in total. The van der Waals surface area contributed by atoms with Crippen LogP contribution in [-0.4, -0.2) is 74.7 Å². The fourth-order valence-corrected chi connectivity index (χ4v) is 3.41. The number of halogens is 6. The lowest BCUT2D eigenvalue weighted by atomic mass is 10.1. The lowest BCUT2D eigenvalue weighted by Crippen LogP contribution is -2.33. The molecule has 4 rings (SSSR count). The normalized spacial score (nSPS) is 13.1. The molecule has 1 aliphatic rings. The molecule has 0 fully saturated rings. The van der Waals surface area contributed by atoms with E-state index in [1.54, 1.807) is 20.4 Å². The maximum absolute atomic E-state index is 10.6. The van der Waals surface area contributed by atoms with E-state index < -0.39 is 24.3 Å². The van der Waals surface area contributed by atoms with Gasteiger partial charge in [-0.2, -0.15) is 26.3 Å². The molecule has 0 bridgehead atoms. The number of pyridine rings is 1. The molecule has 1 aliphatic heterocycles. The van der Waals surface area contributed by atoms with Gasteiger partial charge in [-0.05, 0) is 30.3 Å². The molecule has 40 heavy (non-hydrogen) atoms. The summed E-state index contributed by atoms with van der Waals surface area (Å²) in [7, 11) is 3.34. The van der Waals surface area contributed by atoms with Crippen molar-refractivity contribution in [2.45, 2.75) is 32.0 Å². The lowest BCUT2D eigenvalue weighted by molar-refractivity contribution is -0.193. The number of carboxylic acid groups (broad SMARTS) is 2. The summed E-state index contributed by atoms with van der Waals surface area (Å²) in [6.07, 6.45) is -6.45. The SMILES string of the molecule is COc1ccc(-c2cnc3n2CCN(Cc2cccnc2OC)C3)cc1.O=C(O)C(F)(F)F.O=C(O)C(F)(F)F. The fourth-order valence-electron chi connectivity index (χ4n) is 3.41. The van der Waals surface area contributed by atoms with Crippen LogP contribution in [0.5, 0.6) is 11.6 Å². The Morgan fingerprint density at radius 3 is 1.98 bits per heavy atom. The van der Waals surface area contributed by atoms with Crippen molar-refractivity contribution in [1.29, 1.82) is 0 Å². The largest absolute Gasteiger partial charge is 0.497 e. The molecule has 0 amide bonds. The van der Waals surface area contributed by atoms with Crippen molar-refractivity contribution >= 4 is 11.9 Å². The van der Waals surface area contributed by atoms with E-state index in [-0.39, 0.29) is 0 Å². The predicted octanol–water partition coefficient (Wildman–Crippen LogP) is 4.24. The highest BCUT2D eigenvalue weighted by Crippen LogP contribution is 2.27. The van der Waals surface area contributed by atoms with E-state index >= 15 is 0 Å². The van der Waals surface area contributed by atoms with E-state index in [1.807, 2.05) is 24.4 Å². The number of aromatic nitrogens is 3. The second-order valence-corrected chi connectivity index (χ2v) is 7.93. The Kier molecular flexibility index (Phi) is 10.9. The minimum Gasteiger partial charge on any atom is -0.497 e. The minimum atomic E-state index is -5.08. The molecule has 0 unspecified atom stereocenters. The van der Waals surface area contributed by atoms with Gasteiger partial charge in [-0.15, -0.1) is 0 Å². The van der Waals surface area contributed by atoms with Crippen LogP contribution >= 0.6 is 0 Å². The second kappa shape index (κ2) is 13.6. The number of fused-ring (bicyclic) bond motifs is 1.